The molecule has 0 saturated carbocycles. The smallest absolute Gasteiger partial charge is 0.227 e. The number of aromatic nitrogens is 2. The minimum Gasteiger partial charge on any atom is -0.437 e. The zero-order valence-electron chi connectivity index (χ0n) is 16.1. The van der Waals surface area contributed by atoms with Crippen molar-refractivity contribution in [2.24, 2.45) is 13.0 Å². The molecule has 0 N–H and O–H groups in total. The maximum Gasteiger partial charge on any atom is 0.227 e. The first-order valence-electron chi connectivity index (χ1n) is 9.22. The lowest BCUT2D eigenvalue weighted by molar-refractivity contribution is -0.660. The van der Waals surface area contributed by atoms with Gasteiger partial charge in [-0.1, -0.05) is 26.0 Å². The predicted octanol–water partition coefficient (Wildman–Crippen LogP) is 5.29. The monoisotopic (exact) mass is 345 g/mol. The van der Waals surface area contributed by atoms with Crippen molar-refractivity contribution in [3.8, 4) is 11.3 Å². The lowest BCUT2D eigenvalue weighted by Gasteiger charge is -2.05. The summed E-state index contributed by atoms with van der Waals surface area (Å²) in [6, 6.07) is 12.9. The van der Waals surface area contributed by atoms with E-state index in [4.69, 9.17) is 9.40 Å². The van der Waals surface area contributed by atoms with Gasteiger partial charge in [0, 0.05) is 28.1 Å². The molecule has 3 aromatic heterocycles. The van der Waals surface area contributed by atoms with Crippen LogP contribution in [0.15, 0.2) is 47.0 Å². The van der Waals surface area contributed by atoms with Gasteiger partial charge in [0.1, 0.15) is 7.05 Å². The zero-order chi connectivity index (χ0) is 18.4. The first-order chi connectivity index (χ1) is 12.4. The molecule has 0 bridgehead atoms. The molecule has 3 nitrogen and oxygen atoms in total. The second kappa shape index (κ2) is 6.24. The number of nitrogens with zero attached hydrogens (tertiary/aromatic N) is 2. The van der Waals surface area contributed by atoms with Crippen molar-refractivity contribution in [2.75, 3.05) is 0 Å². The van der Waals surface area contributed by atoms with E-state index < -0.39 is 0 Å². The molecule has 3 heterocycles. The van der Waals surface area contributed by atoms with Gasteiger partial charge in [0.15, 0.2) is 11.8 Å². The Morgan fingerprint density at radius 1 is 1.00 bits per heavy atom. The van der Waals surface area contributed by atoms with E-state index in [0.717, 1.165) is 45.4 Å². The van der Waals surface area contributed by atoms with Gasteiger partial charge >= 0.3 is 0 Å². The maximum atomic E-state index is 6.30. The Hall–Kier alpha value is -2.68. The van der Waals surface area contributed by atoms with Crippen LogP contribution in [0.1, 0.15) is 30.7 Å². The molecule has 0 fully saturated rings. The Bertz CT molecular complexity index is 1120. The van der Waals surface area contributed by atoms with Crippen LogP contribution < -0.4 is 4.57 Å². The summed E-state index contributed by atoms with van der Waals surface area (Å²) in [5, 5.41) is 2.22. The van der Waals surface area contributed by atoms with Gasteiger partial charge in [0.25, 0.3) is 0 Å². The number of hydrogen-bond acceptors (Lipinski definition) is 2. The topological polar surface area (TPSA) is 29.9 Å². The van der Waals surface area contributed by atoms with Crippen molar-refractivity contribution in [2.45, 2.75) is 34.1 Å². The highest BCUT2D eigenvalue weighted by Crippen LogP contribution is 2.36. The van der Waals surface area contributed by atoms with Crippen LogP contribution >= 0.6 is 0 Å². The fraction of sp³-hybridized carbons (Fsp3) is 0.304. The number of furan rings is 1. The highest BCUT2D eigenvalue weighted by atomic mass is 16.3. The Kier molecular flexibility index (Phi) is 4.03. The van der Waals surface area contributed by atoms with Gasteiger partial charge in [0.2, 0.25) is 11.4 Å². The van der Waals surface area contributed by atoms with E-state index in [0.29, 0.717) is 5.92 Å². The van der Waals surface area contributed by atoms with Gasteiger partial charge < -0.3 is 4.42 Å². The van der Waals surface area contributed by atoms with Crippen LogP contribution in [0.4, 0.5) is 0 Å². The number of rotatable bonds is 3. The van der Waals surface area contributed by atoms with Crippen molar-refractivity contribution < 1.29 is 8.98 Å². The Morgan fingerprint density at radius 2 is 1.77 bits per heavy atom. The Morgan fingerprint density at radius 3 is 2.50 bits per heavy atom. The molecule has 4 rings (SSSR count). The molecule has 0 radical (unpaired) electrons. The molecule has 0 amide bonds. The fourth-order valence-corrected chi connectivity index (χ4v) is 3.71. The predicted molar refractivity (Wildman–Crippen MR) is 106 cm³/mol. The average Bonchev–Trinajstić information content (AvgIpc) is 2.93. The highest BCUT2D eigenvalue weighted by Gasteiger charge is 2.21. The summed E-state index contributed by atoms with van der Waals surface area (Å²) >= 11 is 0. The lowest BCUT2D eigenvalue weighted by Crippen LogP contribution is -2.31. The Labute approximate surface area is 154 Å². The maximum absolute atomic E-state index is 6.30. The molecule has 0 aliphatic heterocycles. The van der Waals surface area contributed by atoms with Crippen LogP contribution in [0.2, 0.25) is 0 Å². The SMILES string of the molecule is Cc1ccc(-c2c(C)ccc3c2oc2nc(CC(C)C)ccc23)[n+](C)c1. The van der Waals surface area contributed by atoms with Crippen molar-refractivity contribution in [3.63, 3.8) is 0 Å². The summed E-state index contributed by atoms with van der Waals surface area (Å²) in [5.41, 5.74) is 7.50. The number of benzene rings is 1. The second-order valence-corrected chi connectivity index (χ2v) is 7.69. The summed E-state index contributed by atoms with van der Waals surface area (Å²) in [7, 11) is 2.09. The molecule has 132 valence electrons. The Balaban J connectivity index is 1.99. The van der Waals surface area contributed by atoms with Gasteiger partial charge in [-0.25, -0.2) is 9.55 Å². The van der Waals surface area contributed by atoms with Gasteiger partial charge in [0.05, 0.1) is 5.56 Å². The van der Waals surface area contributed by atoms with Crippen LogP contribution in [0.5, 0.6) is 0 Å². The molecule has 0 saturated heterocycles. The molecule has 0 aliphatic carbocycles. The normalized spacial score (nSPS) is 11.8. The molecule has 0 unspecified atom stereocenters. The fourth-order valence-electron chi connectivity index (χ4n) is 3.71. The van der Waals surface area contributed by atoms with Crippen LogP contribution in [-0.2, 0) is 13.5 Å². The number of hydrogen-bond donors (Lipinski definition) is 0. The van der Waals surface area contributed by atoms with Gasteiger partial charge in [-0.3, -0.25) is 0 Å². The standard InChI is InChI=1S/C23H25N2O/c1-14(2)12-17-8-10-19-18-9-7-16(4)21(22(18)26-23(19)24-17)20-11-6-15(3)13-25(20)5/h6-11,13-14H,12H2,1-5H3/q+1. The van der Waals surface area contributed by atoms with Crippen LogP contribution in [0, 0.1) is 19.8 Å². The van der Waals surface area contributed by atoms with E-state index >= 15 is 0 Å². The molecule has 0 atom stereocenters. The zero-order valence-corrected chi connectivity index (χ0v) is 16.1. The van der Waals surface area contributed by atoms with E-state index in [2.05, 4.69) is 81.9 Å². The van der Waals surface area contributed by atoms with Crippen LogP contribution in [0.3, 0.4) is 0 Å². The molecule has 1 aromatic carbocycles. The van der Waals surface area contributed by atoms with Gasteiger partial charge in [-0.05, 0) is 49.9 Å². The molecule has 3 heteroatoms. The summed E-state index contributed by atoms with van der Waals surface area (Å²) in [6.45, 7) is 8.67. The van der Waals surface area contributed by atoms with E-state index in [-0.39, 0.29) is 0 Å². The van der Waals surface area contributed by atoms with Crippen molar-refractivity contribution in [3.05, 3.63) is 59.4 Å². The van der Waals surface area contributed by atoms with E-state index in [1.807, 2.05) is 0 Å². The van der Waals surface area contributed by atoms with E-state index in [1.165, 1.54) is 11.1 Å². The minimum absolute atomic E-state index is 0.578. The summed E-state index contributed by atoms with van der Waals surface area (Å²) in [6.07, 6.45) is 3.11. The third-order valence-corrected chi connectivity index (χ3v) is 4.93. The number of pyridine rings is 2. The molecular formula is C23H25N2O+. The summed E-state index contributed by atoms with van der Waals surface area (Å²) < 4.78 is 8.47. The third-order valence-electron chi connectivity index (χ3n) is 4.93. The van der Waals surface area contributed by atoms with Crippen LogP contribution in [-0.4, -0.2) is 4.98 Å². The van der Waals surface area contributed by atoms with Gasteiger partial charge in [-0.2, -0.15) is 0 Å². The van der Waals surface area contributed by atoms with E-state index in [1.54, 1.807) is 0 Å². The van der Waals surface area contributed by atoms with Crippen LogP contribution in [0.25, 0.3) is 33.3 Å². The number of fused-ring (bicyclic) bond motifs is 3. The van der Waals surface area contributed by atoms with Gasteiger partial charge in [-0.15, -0.1) is 0 Å². The molecule has 0 spiro atoms. The summed E-state index contributed by atoms with van der Waals surface area (Å²) in [5.74, 6) is 0.578. The van der Waals surface area contributed by atoms with Crippen molar-refractivity contribution in [1.29, 1.82) is 0 Å². The van der Waals surface area contributed by atoms with Crippen molar-refractivity contribution in [1.82, 2.24) is 4.98 Å². The quantitative estimate of drug-likeness (QED) is 0.472. The van der Waals surface area contributed by atoms with Crippen molar-refractivity contribution >= 4 is 22.1 Å². The largest absolute Gasteiger partial charge is 0.437 e. The first kappa shape index (κ1) is 16.8. The average molecular weight is 345 g/mol. The highest BCUT2D eigenvalue weighted by molar-refractivity contribution is 6.08. The number of aryl methyl sites for hydroxylation is 3. The molecule has 26 heavy (non-hydrogen) atoms. The minimum atomic E-state index is 0.578. The lowest BCUT2D eigenvalue weighted by atomic mass is 10.0. The molecular weight excluding hydrogens is 320 g/mol. The van der Waals surface area contributed by atoms with E-state index in [9.17, 15) is 0 Å². The third kappa shape index (κ3) is 2.78. The second-order valence-electron chi connectivity index (χ2n) is 7.69. The first-order valence-corrected chi connectivity index (χ1v) is 9.22. The molecule has 0 aliphatic rings. The summed E-state index contributed by atoms with van der Waals surface area (Å²) in [4.78, 5) is 4.78. The molecule has 4 aromatic rings.